The van der Waals surface area contributed by atoms with E-state index in [0.717, 1.165) is 0 Å². The maximum absolute atomic E-state index is 2.12. The third-order valence-corrected chi connectivity index (χ3v) is 1.50. The number of hydrogen-bond donors (Lipinski definition) is 0. The molecule has 0 N–H and O–H groups in total. The minimum atomic E-state index is 0. The van der Waals surface area contributed by atoms with Gasteiger partial charge in [0.05, 0.1) is 0 Å². The summed E-state index contributed by atoms with van der Waals surface area (Å²) in [5, 5.41) is 0. The lowest BCUT2D eigenvalue weighted by atomic mass is 10.6. The molecule has 2 heteroatoms. The molecule has 9 heavy (non-hydrogen) atoms. The Labute approximate surface area is 69.6 Å². The molecule has 0 spiro atoms. The number of hydrogen-bond acceptors (Lipinski definition) is 2. The highest BCUT2D eigenvalue weighted by molar-refractivity contribution is 8.76. The molecular formula is C7H22S2. The Morgan fingerprint density at radius 1 is 0.889 bits per heavy atom. The van der Waals surface area contributed by atoms with Crippen molar-refractivity contribution in [1.82, 2.24) is 0 Å². The third kappa shape index (κ3) is 135. The molecule has 0 heterocycles. The van der Waals surface area contributed by atoms with Gasteiger partial charge in [-0.1, -0.05) is 56.7 Å². The lowest BCUT2D eigenvalue weighted by molar-refractivity contribution is 1.09. The van der Waals surface area contributed by atoms with Crippen LogP contribution >= 0.6 is 21.6 Å². The topological polar surface area (TPSA) is 0 Å². The van der Waals surface area contributed by atoms with E-state index in [-0.39, 0.29) is 14.9 Å². The quantitative estimate of drug-likeness (QED) is 0.538. The van der Waals surface area contributed by atoms with Crippen molar-refractivity contribution >= 4 is 21.6 Å². The van der Waals surface area contributed by atoms with E-state index in [1.54, 1.807) is 21.6 Å². The van der Waals surface area contributed by atoms with Crippen molar-refractivity contribution < 1.29 is 0 Å². The fourth-order valence-corrected chi connectivity index (χ4v) is 0. The summed E-state index contributed by atoms with van der Waals surface area (Å²) in [6.07, 6.45) is 5.37. The lowest BCUT2D eigenvalue weighted by Crippen LogP contribution is -1.28. The Morgan fingerprint density at radius 2 is 1.00 bits per heavy atom. The highest BCUT2D eigenvalue weighted by atomic mass is 33.1. The van der Waals surface area contributed by atoms with Gasteiger partial charge in [0.1, 0.15) is 0 Å². The first-order valence-corrected chi connectivity index (χ1v) is 5.36. The van der Waals surface area contributed by atoms with Crippen LogP contribution in [0, 0.1) is 0 Å². The van der Waals surface area contributed by atoms with Gasteiger partial charge in [-0.25, -0.2) is 0 Å². The van der Waals surface area contributed by atoms with Crippen LogP contribution in [0.3, 0.4) is 0 Å². The van der Waals surface area contributed by atoms with Gasteiger partial charge in [0.2, 0.25) is 0 Å². The van der Waals surface area contributed by atoms with Gasteiger partial charge in [-0.3, -0.25) is 0 Å². The van der Waals surface area contributed by atoms with Crippen LogP contribution in [0.15, 0.2) is 0 Å². The molecule has 0 aromatic heterocycles. The van der Waals surface area contributed by atoms with Gasteiger partial charge in [-0.2, -0.15) is 0 Å². The van der Waals surface area contributed by atoms with Crippen LogP contribution in [-0.4, -0.2) is 12.5 Å². The van der Waals surface area contributed by atoms with Gasteiger partial charge in [-0.15, -0.1) is 0 Å². The van der Waals surface area contributed by atoms with Crippen LogP contribution in [0.2, 0.25) is 0 Å². The zero-order valence-corrected chi connectivity index (χ0v) is 7.16. The smallest absolute Gasteiger partial charge is 0.00793 e. The van der Waals surface area contributed by atoms with E-state index in [4.69, 9.17) is 0 Å². The van der Waals surface area contributed by atoms with Crippen molar-refractivity contribution in [2.45, 2.75) is 35.1 Å². The van der Waals surface area contributed by atoms with Crippen LogP contribution in [-0.2, 0) is 0 Å². The molecule has 0 aromatic carbocycles. The third-order valence-electron chi connectivity index (χ3n) is 0.167. The minimum absolute atomic E-state index is 0. The molecular weight excluding hydrogens is 148 g/mol. The van der Waals surface area contributed by atoms with Crippen LogP contribution in [0.1, 0.15) is 35.1 Å². The summed E-state index contributed by atoms with van der Waals surface area (Å²) in [7, 11) is 3.55. The maximum atomic E-state index is 2.12. The second-order valence-electron chi connectivity index (χ2n) is 1.04. The molecule has 0 unspecified atom stereocenters. The monoisotopic (exact) mass is 170 g/mol. The summed E-state index contributed by atoms with van der Waals surface area (Å²) < 4.78 is 0. The maximum Gasteiger partial charge on any atom is -0.00793 e. The number of rotatable bonds is 1. The van der Waals surface area contributed by atoms with Gasteiger partial charge in [0, 0.05) is 0 Å². The lowest BCUT2D eigenvalue weighted by Gasteiger charge is -1.69. The van der Waals surface area contributed by atoms with E-state index in [0.29, 0.717) is 0 Å². The van der Waals surface area contributed by atoms with Gasteiger partial charge < -0.3 is 0 Å². The molecule has 0 aliphatic heterocycles. The van der Waals surface area contributed by atoms with Crippen LogP contribution in [0.25, 0.3) is 0 Å². The highest BCUT2D eigenvalue weighted by Gasteiger charge is 1.55. The van der Waals surface area contributed by atoms with E-state index in [1.165, 1.54) is 6.42 Å². The molecule has 0 aromatic rings. The summed E-state index contributed by atoms with van der Waals surface area (Å²) in [6, 6.07) is 0. The van der Waals surface area contributed by atoms with E-state index in [2.05, 4.69) is 26.4 Å². The van der Waals surface area contributed by atoms with Crippen LogP contribution < -0.4 is 0 Å². The molecule has 0 bridgehead atoms. The average Bonchev–Trinajstić information content (AvgIpc) is 1.69. The largest absolute Gasteiger partial charge is 0.0979 e. The summed E-state index contributed by atoms with van der Waals surface area (Å²) in [5.74, 6) is 0. The molecule has 0 fully saturated rings. The molecule has 0 amide bonds. The molecule has 0 aliphatic rings. The van der Waals surface area contributed by atoms with Crippen molar-refractivity contribution in [3.63, 3.8) is 0 Å². The molecule has 0 aliphatic carbocycles. The average molecular weight is 170 g/mol. The molecule has 0 nitrogen and oxygen atoms in total. The predicted octanol–water partition coefficient (Wildman–Crippen LogP) is 4.32. The normalized spacial score (nSPS) is 5.33. The van der Waals surface area contributed by atoms with Gasteiger partial charge >= 0.3 is 0 Å². The second-order valence-corrected chi connectivity index (χ2v) is 3.71. The first-order chi connectivity index (χ1) is 3.33. The van der Waals surface area contributed by atoms with Crippen molar-refractivity contribution in [2.75, 3.05) is 12.5 Å². The predicted molar refractivity (Wildman–Crippen MR) is 56.5 cm³/mol. The summed E-state index contributed by atoms with van der Waals surface area (Å²) >= 11 is 0. The van der Waals surface area contributed by atoms with Gasteiger partial charge in [0.25, 0.3) is 0 Å². The summed E-state index contributed by atoms with van der Waals surface area (Å²) in [5.41, 5.74) is 0. The van der Waals surface area contributed by atoms with Crippen molar-refractivity contribution in [2.24, 2.45) is 0 Å². The standard InChI is InChI=1S/C3H8.C2H6S2.2CH4/c1-3-2;1-3-4-2;;/h3H2,1-2H3;1-2H3;2*1H4. The molecule has 0 atom stereocenters. The van der Waals surface area contributed by atoms with Crippen LogP contribution in [0.5, 0.6) is 0 Å². The molecule has 0 radical (unpaired) electrons. The second kappa shape index (κ2) is 37.7. The Morgan fingerprint density at radius 3 is 1.00 bits per heavy atom. The molecule has 0 rings (SSSR count). The Hall–Kier alpha value is 0.700. The van der Waals surface area contributed by atoms with Crippen molar-refractivity contribution in [3.05, 3.63) is 0 Å². The van der Waals surface area contributed by atoms with Crippen molar-refractivity contribution in [1.29, 1.82) is 0 Å². The first-order valence-electron chi connectivity index (χ1n) is 2.40. The highest BCUT2D eigenvalue weighted by Crippen LogP contribution is 2.09. The van der Waals surface area contributed by atoms with Crippen molar-refractivity contribution in [3.8, 4) is 0 Å². The zero-order chi connectivity index (χ0) is 6.12. The minimum Gasteiger partial charge on any atom is -0.0979 e. The first kappa shape index (κ1) is 22.6. The van der Waals surface area contributed by atoms with E-state index >= 15 is 0 Å². The molecule has 0 saturated carbocycles. The van der Waals surface area contributed by atoms with Gasteiger partial charge in [-0.05, 0) is 12.5 Å². The van der Waals surface area contributed by atoms with Gasteiger partial charge in [0.15, 0.2) is 0 Å². The zero-order valence-electron chi connectivity index (χ0n) is 5.52. The summed E-state index contributed by atoms with van der Waals surface area (Å²) in [4.78, 5) is 0. The van der Waals surface area contributed by atoms with E-state index < -0.39 is 0 Å². The SMILES string of the molecule is C.C.CCC.CSSC. The fraction of sp³-hybridized carbons (Fsp3) is 1.00. The Balaban J connectivity index is -0.0000000233. The molecule has 62 valence electrons. The van der Waals surface area contributed by atoms with E-state index in [9.17, 15) is 0 Å². The van der Waals surface area contributed by atoms with E-state index in [1.807, 2.05) is 0 Å². The Kier molecular flexibility index (Phi) is 94.6. The Bertz CT molecular complexity index is 14.4. The van der Waals surface area contributed by atoms with Crippen LogP contribution in [0.4, 0.5) is 0 Å². The molecule has 0 saturated heterocycles. The fourth-order valence-electron chi connectivity index (χ4n) is 0. The summed E-state index contributed by atoms with van der Waals surface area (Å²) in [6.45, 7) is 4.25.